The van der Waals surface area contributed by atoms with Gasteiger partial charge in [-0.05, 0) is 34.9 Å². The predicted molar refractivity (Wildman–Crippen MR) is 85.6 cm³/mol. The van der Waals surface area contributed by atoms with Crippen molar-refractivity contribution in [2.45, 2.75) is 12.5 Å². The first-order valence-electron chi connectivity index (χ1n) is 7.55. The number of rotatable bonds is 6. The lowest BCUT2D eigenvalue weighted by Crippen LogP contribution is -2.25. The SMILES string of the molecule is COc1ccc(C(NCCO)c2ccc3c(c2)CCO3)cc1. The Kier molecular flexibility index (Phi) is 4.61. The number of ether oxygens (including phenoxy) is 2. The molecule has 1 unspecified atom stereocenters. The fourth-order valence-electron chi connectivity index (χ4n) is 2.82. The van der Waals surface area contributed by atoms with Crippen molar-refractivity contribution in [3.63, 3.8) is 0 Å². The van der Waals surface area contributed by atoms with Crippen LogP contribution in [0.4, 0.5) is 0 Å². The highest BCUT2D eigenvalue weighted by Crippen LogP contribution is 2.31. The summed E-state index contributed by atoms with van der Waals surface area (Å²) in [6.07, 6.45) is 0.957. The van der Waals surface area contributed by atoms with Crippen molar-refractivity contribution in [1.82, 2.24) is 5.32 Å². The molecule has 2 aromatic rings. The van der Waals surface area contributed by atoms with Gasteiger partial charge < -0.3 is 19.9 Å². The van der Waals surface area contributed by atoms with Crippen molar-refractivity contribution in [2.75, 3.05) is 26.9 Å². The van der Waals surface area contributed by atoms with Crippen LogP contribution in [0.25, 0.3) is 0 Å². The average molecular weight is 299 g/mol. The number of hydrogen-bond donors (Lipinski definition) is 2. The van der Waals surface area contributed by atoms with E-state index in [1.54, 1.807) is 7.11 Å². The highest BCUT2D eigenvalue weighted by atomic mass is 16.5. The fourth-order valence-corrected chi connectivity index (χ4v) is 2.82. The molecule has 1 aliphatic rings. The number of aliphatic hydroxyl groups excluding tert-OH is 1. The lowest BCUT2D eigenvalue weighted by Gasteiger charge is -2.20. The Labute approximate surface area is 130 Å². The van der Waals surface area contributed by atoms with Gasteiger partial charge in [-0.15, -0.1) is 0 Å². The van der Waals surface area contributed by atoms with Crippen LogP contribution in [-0.4, -0.2) is 32.0 Å². The van der Waals surface area contributed by atoms with Gasteiger partial charge in [0.15, 0.2) is 0 Å². The minimum Gasteiger partial charge on any atom is -0.497 e. The molecule has 4 nitrogen and oxygen atoms in total. The van der Waals surface area contributed by atoms with Gasteiger partial charge in [-0.2, -0.15) is 0 Å². The largest absolute Gasteiger partial charge is 0.497 e. The first kappa shape index (κ1) is 14.9. The molecule has 4 heteroatoms. The third kappa shape index (κ3) is 3.08. The molecule has 3 rings (SSSR count). The number of fused-ring (bicyclic) bond motifs is 1. The van der Waals surface area contributed by atoms with Crippen molar-refractivity contribution in [1.29, 1.82) is 0 Å². The highest BCUT2D eigenvalue weighted by molar-refractivity contribution is 5.44. The zero-order valence-electron chi connectivity index (χ0n) is 12.7. The maximum atomic E-state index is 9.14. The summed E-state index contributed by atoms with van der Waals surface area (Å²) in [5.74, 6) is 1.83. The molecule has 2 N–H and O–H groups in total. The quantitative estimate of drug-likeness (QED) is 0.859. The van der Waals surface area contributed by atoms with Gasteiger partial charge in [-0.25, -0.2) is 0 Å². The molecule has 0 bridgehead atoms. The molecule has 0 aliphatic carbocycles. The van der Waals surface area contributed by atoms with Crippen LogP contribution in [0.5, 0.6) is 11.5 Å². The van der Waals surface area contributed by atoms with Gasteiger partial charge in [-0.3, -0.25) is 0 Å². The molecule has 116 valence electrons. The third-order valence-electron chi connectivity index (χ3n) is 3.96. The van der Waals surface area contributed by atoms with Gasteiger partial charge in [-0.1, -0.05) is 24.3 Å². The summed E-state index contributed by atoms with van der Waals surface area (Å²) < 4.78 is 10.8. The van der Waals surface area contributed by atoms with Gasteiger partial charge in [0.1, 0.15) is 11.5 Å². The van der Waals surface area contributed by atoms with E-state index in [0.29, 0.717) is 6.54 Å². The Morgan fingerprint density at radius 3 is 2.68 bits per heavy atom. The predicted octanol–water partition coefficient (Wildman–Crippen LogP) is 2.30. The lowest BCUT2D eigenvalue weighted by molar-refractivity contribution is 0.288. The van der Waals surface area contributed by atoms with E-state index in [-0.39, 0.29) is 12.6 Å². The van der Waals surface area contributed by atoms with Crippen molar-refractivity contribution >= 4 is 0 Å². The van der Waals surface area contributed by atoms with E-state index in [2.05, 4.69) is 29.6 Å². The zero-order chi connectivity index (χ0) is 15.4. The van der Waals surface area contributed by atoms with Gasteiger partial charge in [0.05, 0.1) is 26.4 Å². The first-order chi connectivity index (χ1) is 10.8. The van der Waals surface area contributed by atoms with Crippen LogP contribution in [-0.2, 0) is 6.42 Å². The van der Waals surface area contributed by atoms with Crippen LogP contribution in [0.15, 0.2) is 42.5 Å². The molecular weight excluding hydrogens is 278 g/mol. The second-order valence-electron chi connectivity index (χ2n) is 5.35. The third-order valence-corrected chi connectivity index (χ3v) is 3.96. The zero-order valence-corrected chi connectivity index (χ0v) is 12.7. The van der Waals surface area contributed by atoms with Gasteiger partial charge in [0.2, 0.25) is 0 Å². The van der Waals surface area contributed by atoms with Gasteiger partial charge >= 0.3 is 0 Å². The number of nitrogens with one attached hydrogen (secondary N) is 1. The van der Waals surface area contributed by atoms with Gasteiger partial charge in [0, 0.05) is 13.0 Å². The maximum absolute atomic E-state index is 9.14. The first-order valence-corrected chi connectivity index (χ1v) is 7.55. The minimum absolute atomic E-state index is 0.0453. The average Bonchev–Trinajstić information content (AvgIpc) is 3.03. The summed E-state index contributed by atoms with van der Waals surface area (Å²) in [7, 11) is 1.66. The van der Waals surface area contributed by atoms with E-state index in [1.807, 2.05) is 18.2 Å². The van der Waals surface area contributed by atoms with Crippen molar-refractivity contribution < 1.29 is 14.6 Å². The Bertz CT molecular complexity index is 625. The molecule has 22 heavy (non-hydrogen) atoms. The summed E-state index contributed by atoms with van der Waals surface area (Å²) >= 11 is 0. The molecular formula is C18H21NO3. The fraction of sp³-hybridized carbons (Fsp3) is 0.333. The summed E-state index contributed by atoms with van der Waals surface area (Å²) in [5, 5.41) is 12.5. The minimum atomic E-state index is 0.0453. The van der Waals surface area contributed by atoms with E-state index < -0.39 is 0 Å². The second-order valence-corrected chi connectivity index (χ2v) is 5.35. The van der Waals surface area contributed by atoms with E-state index in [9.17, 15) is 0 Å². The summed E-state index contributed by atoms with van der Waals surface area (Å²) in [6, 6.07) is 14.4. The molecule has 0 saturated carbocycles. The van der Waals surface area contributed by atoms with Crippen LogP contribution in [0.1, 0.15) is 22.7 Å². The van der Waals surface area contributed by atoms with Crippen LogP contribution >= 0.6 is 0 Å². The molecule has 1 aliphatic heterocycles. The van der Waals surface area contributed by atoms with Crippen LogP contribution in [0.2, 0.25) is 0 Å². The van der Waals surface area contributed by atoms with E-state index >= 15 is 0 Å². The molecule has 2 aromatic carbocycles. The molecule has 1 heterocycles. The van der Waals surface area contributed by atoms with E-state index in [1.165, 1.54) is 11.1 Å². The molecule has 0 amide bonds. The second kappa shape index (κ2) is 6.81. The van der Waals surface area contributed by atoms with Gasteiger partial charge in [0.25, 0.3) is 0 Å². The number of aliphatic hydroxyl groups is 1. The molecule has 0 radical (unpaired) electrons. The lowest BCUT2D eigenvalue weighted by atomic mass is 9.96. The molecule has 0 spiro atoms. The summed E-state index contributed by atoms with van der Waals surface area (Å²) in [6.45, 7) is 1.42. The maximum Gasteiger partial charge on any atom is 0.122 e. The van der Waals surface area contributed by atoms with Crippen LogP contribution < -0.4 is 14.8 Å². The van der Waals surface area contributed by atoms with Crippen molar-refractivity contribution in [3.05, 3.63) is 59.2 Å². The molecule has 0 saturated heterocycles. The molecule has 0 aromatic heterocycles. The Hall–Kier alpha value is -2.04. The monoisotopic (exact) mass is 299 g/mol. The van der Waals surface area contributed by atoms with Crippen LogP contribution in [0.3, 0.4) is 0 Å². The molecule has 0 fully saturated rings. The standard InChI is InChI=1S/C18H21NO3/c1-21-16-5-2-13(3-6-16)18(19-9-10-20)15-4-7-17-14(12-15)8-11-22-17/h2-7,12,18-20H,8-11H2,1H3. The highest BCUT2D eigenvalue weighted by Gasteiger charge is 2.18. The van der Waals surface area contributed by atoms with E-state index in [4.69, 9.17) is 14.6 Å². The van der Waals surface area contributed by atoms with E-state index in [0.717, 1.165) is 30.1 Å². The van der Waals surface area contributed by atoms with Crippen LogP contribution in [0, 0.1) is 0 Å². The van der Waals surface area contributed by atoms with Crippen molar-refractivity contribution in [2.24, 2.45) is 0 Å². The Morgan fingerprint density at radius 1 is 1.18 bits per heavy atom. The summed E-state index contributed by atoms with van der Waals surface area (Å²) in [5.41, 5.74) is 3.58. The smallest absolute Gasteiger partial charge is 0.122 e. The number of benzene rings is 2. The Balaban J connectivity index is 1.91. The number of methoxy groups -OCH3 is 1. The topological polar surface area (TPSA) is 50.7 Å². The normalized spacial score (nSPS) is 14.3. The van der Waals surface area contributed by atoms with Crippen molar-refractivity contribution in [3.8, 4) is 11.5 Å². The molecule has 1 atom stereocenters. The Morgan fingerprint density at radius 2 is 1.95 bits per heavy atom. The number of hydrogen-bond acceptors (Lipinski definition) is 4. The summed E-state index contributed by atoms with van der Waals surface area (Å²) in [4.78, 5) is 0.